The van der Waals surface area contributed by atoms with Crippen LogP contribution in [0.1, 0.15) is 29.8 Å². The summed E-state index contributed by atoms with van der Waals surface area (Å²) >= 11 is 1.39. The zero-order valence-electron chi connectivity index (χ0n) is 11.8. The average molecular weight is 279 g/mol. The monoisotopic (exact) mass is 279 g/mol. The molecule has 0 N–H and O–H groups in total. The minimum Gasteiger partial charge on any atom is -0.343 e. The number of carbonyl (C=O) groups excluding carboxylic acids is 2. The van der Waals surface area contributed by atoms with Crippen molar-refractivity contribution in [2.24, 2.45) is 0 Å². The molecule has 3 nitrogen and oxygen atoms in total. The lowest BCUT2D eigenvalue weighted by Crippen LogP contribution is -2.32. The molecule has 1 amide bonds. The van der Waals surface area contributed by atoms with Crippen molar-refractivity contribution < 1.29 is 9.59 Å². The van der Waals surface area contributed by atoms with E-state index >= 15 is 0 Å². The first kappa shape index (κ1) is 15.8. The quantitative estimate of drug-likeness (QED) is 0.720. The number of ketones is 1. The Morgan fingerprint density at radius 3 is 2.16 bits per heavy atom. The summed E-state index contributed by atoms with van der Waals surface area (Å²) in [6.07, 6.45) is 0. The number of Topliss-reactive ketones (excluding diaryl/α,β-unsaturated/α-hetero) is 1. The molecule has 1 rings (SSSR count). The van der Waals surface area contributed by atoms with Gasteiger partial charge in [-0.25, -0.2) is 0 Å². The Hall–Kier alpha value is -1.29. The Morgan fingerprint density at radius 1 is 1.05 bits per heavy atom. The molecule has 0 saturated carbocycles. The fraction of sp³-hybridized carbons (Fsp3) is 0.467. The molecule has 0 radical (unpaired) electrons. The predicted octanol–water partition coefficient (Wildman–Crippen LogP) is 2.78. The van der Waals surface area contributed by atoms with Gasteiger partial charge >= 0.3 is 0 Å². The lowest BCUT2D eigenvalue weighted by Gasteiger charge is -2.17. The van der Waals surface area contributed by atoms with Crippen LogP contribution in [0.4, 0.5) is 0 Å². The number of benzene rings is 1. The number of rotatable bonds is 7. The van der Waals surface area contributed by atoms with E-state index in [1.54, 1.807) is 4.90 Å². The van der Waals surface area contributed by atoms with Crippen LogP contribution in [0, 0.1) is 6.92 Å². The fourth-order valence-electron chi connectivity index (χ4n) is 1.72. The predicted molar refractivity (Wildman–Crippen MR) is 80.8 cm³/mol. The standard InChI is InChI=1S/C15H21NO2S/c1-4-16(5-2)15(18)11-19-10-14(17)13-8-6-12(3)7-9-13/h6-9H,4-5,10-11H2,1-3H3. The second kappa shape index (κ2) is 8.00. The molecule has 1 aromatic carbocycles. The van der Waals surface area contributed by atoms with Crippen LogP contribution in [-0.2, 0) is 4.79 Å². The minimum atomic E-state index is 0.0809. The molecule has 19 heavy (non-hydrogen) atoms. The molecule has 0 aliphatic carbocycles. The van der Waals surface area contributed by atoms with Crippen LogP contribution in [0.25, 0.3) is 0 Å². The highest BCUT2D eigenvalue weighted by Gasteiger charge is 2.11. The zero-order valence-corrected chi connectivity index (χ0v) is 12.6. The van der Waals surface area contributed by atoms with Gasteiger partial charge in [0, 0.05) is 18.7 Å². The summed E-state index contributed by atoms with van der Waals surface area (Å²) in [5.74, 6) is 0.916. The van der Waals surface area contributed by atoms with Gasteiger partial charge in [0.05, 0.1) is 11.5 Å². The van der Waals surface area contributed by atoms with Gasteiger partial charge < -0.3 is 4.90 Å². The van der Waals surface area contributed by atoms with E-state index < -0.39 is 0 Å². The lowest BCUT2D eigenvalue weighted by molar-refractivity contribution is -0.127. The van der Waals surface area contributed by atoms with Crippen molar-refractivity contribution in [2.45, 2.75) is 20.8 Å². The molecule has 0 fully saturated rings. The van der Waals surface area contributed by atoms with Crippen molar-refractivity contribution in [3.8, 4) is 0 Å². The van der Waals surface area contributed by atoms with Gasteiger partial charge in [0.25, 0.3) is 0 Å². The second-order valence-electron chi connectivity index (χ2n) is 4.35. The van der Waals surface area contributed by atoms with Crippen molar-refractivity contribution in [3.05, 3.63) is 35.4 Å². The molecule has 4 heteroatoms. The maximum absolute atomic E-state index is 11.9. The van der Waals surface area contributed by atoms with Crippen molar-refractivity contribution in [1.29, 1.82) is 0 Å². The summed E-state index contributed by atoms with van der Waals surface area (Å²) in [5.41, 5.74) is 1.86. The van der Waals surface area contributed by atoms with E-state index in [4.69, 9.17) is 0 Å². The Labute approximate surface area is 119 Å². The molecular formula is C15H21NO2S. The first-order chi connectivity index (χ1) is 9.08. The molecular weight excluding hydrogens is 258 g/mol. The Morgan fingerprint density at radius 2 is 1.63 bits per heavy atom. The normalized spacial score (nSPS) is 10.3. The highest BCUT2D eigenvalue weighted by molar-refractivity contribution is 8.00. The number of nitrogens with zero attached hydrogens (tertiary/aromatic N) is 1. The summed E-state index contributed by atoms with van der Waals surface area (Å²) in [7, 11) is 0. The summed E-state index contributed by atoms with van der Waals surface area (Å²) in [4.78, 5) is 25.4. The fourth-order valence-corrected chi connectivity index (χ4v) is 2.53. The maximum Gasteiger partial charge on any atom is 0.232 e. The SMILES string of the molecule is CCN(CC)C(=O)CSCC(=O)c1ccc(C)cc1. The van der Waals surface area contributed by atoms with Gasteiger partial charge in [-0.1, -0.05) is 29.8 Å². The average Bonchev–Trinajstić information content (AvgIpc) is 2.40. The van der Waals surface area contributed by atoms with E-state index in [1.165, 1.54) is 11.8 Å². The molecule has 0 spiro atoms. The second-order valence-corrected chi connectivity index (χ2v) is 5.33. The number of hydrogen-bond acceptors (Lipinski definition) is 3. The van der Waals surface area contributed by atoms with Crippen molar-refractivity contribution in [1.82, 2.24) is 4.90 Å². The summed E-state index contributed by atoms with van der Waals surface area (Å²) in [6.45, 7) is 7.36. The molecule has 0 aliphatic rings. The lowest BCUT2D eigenvalue weighted by atomic mass is 10.1. The molecule has 0 atom stereocenters. The Kier molecular flexibility index (Phi) is 6.64. The third-order valence-electron chi connectivity index (χ3n) is 2.95. The van der Waals surface area contributed by atoms with Gasteiger partial charge in [-0.15, -0.1) is 11.8 Å². The third-order valence-corrected chi connectivity index (χ3v) is 3.87. The van der Waals surface area contributed by atoms with Crippen LogP contribution in [-0.4, -0.2) is 41.2 Å². The summed E-state index contributed by atoms with van der Waals surface area (Å²) in [5, 5.41) is 0. The van der Waals surface area contributed by atoms with Gasteiger partial charge in [0.1, 0.15) is 0 Å². The van der Waals surface area contributed by atoms with Crippen LogP contribution < -0.4 is 0 Å². The van der Waals surface area contributed by atoms with Crippen molar-refractivity contribution in [2.75, 3.05) is 24.6 Å². The van der Waals surface area contributed by atoms with Crippen LogP contribution in [0.5, 0.6) is 0 Å². The van der Waals surface area contributed by atoms with Crippen molar-refractivity contribution >= 4 is 23.5 Å². The molecule has 0 aliphatic heterocycles. The first-order valence-electron chi connectivity index (χ1n) is 6.53. The van der Waals surface area contributed by atoms with Crippen molar-refractivity contribution in [3.63, 3.8) is 0 Å². The third kappa shape index (κ3) is 5.07. The van der Waals surface area contributed by atoms with Gasteiger partial charge in [-0.3, -0.25) is 9.59 Å². The Balaban J connectivity index is 2.39. The molecule has 1 aromatic rings. The number of thioether (sulfide) groups is 1. The van der Waals surface area contributed by atoms with Gasteiger partial charge in [-0.2, -0.15) is 0 Å². The molecule has 104 valence electrons. The highest BCUT2D eigenvalue weighted by Crippen LogP contribution is 2.09. The first-order valence-corrected chi connectivity index (χ1v) is 7.69. The summed E-state index contributed by atoms with van der Waals surface area (Å²) in [6, 6.07) is 7.53. The van der Waals surface area contributed by atoms with Crippen LogP contribution >= 0.6 is 11.8 Å². The van der Waals surface area contributed by atoms with E-state index in [0.717, 1.165) is 18.7 Å². The molecule has 0 unspecified atom stereocenters. The minimum absolute atomic E-state index is 0.0809. The van der Waals surface area contributed by atoms with E-state index in [-0.39, 0.29) is 11.7 Å². The molecule has 0 aromatic heterocycles. The van der Waals surface area contributed by atoms with Crippen LogP contribution in [0.3, 0.4) is 0 Å². The van der Waals surface area contributed by atoms with E-state index in [0.29, 0.717) is 17.1 Å². The zero-order chi connectivity index (χ0) is 14.3. The maximum atomic E-state index is 11.9. The highest BCUT2D eigenvalue weighted by atomic mass is 32.2. The van der Waals surface area contributed by atoms with E-state index in [2.05, 4.69) is 0 Å². The van der Waals surface area contributed by atoms with Crippen LogP contribution in [0.2, 0.25) is 0 Å². The van der Waals surface area contributed by atoms with E-state index in [1.807, 2.05) is 45.0 Å². The van der Waals surface area contributed by atoms with E-state index in [9.17, 15) is 9.59 Å². The molecule has 0 saturated heterocycles. The van der Waals surface area contributed by atoms with Gasteiger partial charge in [0.15, 0.2) is 5.78 Å². The smallest absolute Gasteiger partial charge is 0.232 e. The topological polar surface area (TPSA) is 37.4 Å². The number of hydrogen-bond donors (Lipinski definition) is 0. The largest absolute Gasteiger partial charge is 0.343 e. The number of amides is 1. The number of aryl methyl sites for hydroxylation is 1. The Bertz CT molecular complexity index is 424. The molecule has 0 bridgehead atoms. The summed E-state index contributed by atoms with van der Waals surface area (Å²) < 4.78 is 0. The van der Waals surface area contributed by atoms with Crippen LogP contribution in [0.15, 0.2) is 24.3 Å². The van der Waals surface area contributed by atoms with Gasteiger partial charge in [0.2, 0.25) is 5.91 Å². The molecule has 0 heterocycles. The number of carbonyl (C=O) groups is 2. The van der Waals surface area contributed by atoms with Gasteiger partial charge in [-0.05, 0) is 20.8 Å².